The number of benzene rings is 1. The van der Waals surface area contributed by atoms with Crippen molar-refractivity contribution >= 4 is 27.0 Å². The maximum absolute atomic E-state index is 11.5. The van der Waals surface area contributed by atoms with Crippen molar-refractivity contribution in [2.45, 2.75) is 0 Å². The summed E-state index contributed by atoms with van der Waals surface area (Å²) in [6.07, 6.45) is 4.66. The summed E-state index contributed by atoms with van der Waals surface area (Å²) in [5, 5.41) is 3.90. The number of hydrogen-bond acceptors (Lipinski definition) is 6. The second-order valence-corrected chi connectivity index (χ2v) is 5.38. The van der Waals surface area contributed by atoms with Crippen LogP contribution in [0.5, 0.6) is 0 Å². The fourth-order valence-corrected chi connectivity index (χ4v) is 2.59. The number of nitrogens with zero attached hydrogens (tertiary/aromatic N) is 4. The van der Waals surface area contributed by atoms with Crippen LogP contribution in [0.4, 0.5) is 0 Å². The van der Waals surface area contributed by atoms with Crippen molar-refractivity contribution in [2.24, 2.45) is 0 Å². The molecule has 108 valence electrons. The summed E-state index contributed by atoms with van der Waals surface area (Å²) >= 11 is 3.39. The second kappa shape index (κ2) is 4.88. The first-order valence-electron chi connectivity index (χ1n) is 6.23. The van der Waals surface area contributed by atoms with Gasteiger partial charge >= 0.3 is 5.69 Å². The van der Waals surface area contributed by atoms with Crippen molar-refractivity contribution in [2.75, 3.05) is 0 Å². The van der Waals surface area contributed by atoms with Gasteiger partial charge in [-0.05, 0) is 12.1 Å². The number of fused-ring (bicyclic) bond motifs is 1. The highest BCUT2D eigenvalue weighted by atomic mass is 79.9. The van der Waals surface area contributed by atoms with E-state index < -0.39 is 0 Å². The van der Waals surface area contributed by atoms with Crippen molar-refractivity contribution in [3.63, 3.8) is 0 Å². The third kappa shape index (κ3) is 2.11. The Hall–Kier alpha value is -2.81. The molecule has 1 aromatic carbocycles. The summed E-state index contributed by atoms with van der Waals surface area (Å²) in [6, 6.07) is 3.58. The first-order chi connectivity index (χ1) is 10.7. The maximum Gasteiger partial charge on any atom is 0.323 e. The molecular formula is C13H7BrN6O2. The average molecular weight is 359 g/mol. The topological polar surface area (TPSA) is 113 Å². The third-order valence-corrected chi connectivity index (χ3v) is 3.50. The van der Waals surface area contributed by atoms with Gasteiger partial charge in [0.15, 0.2) is 0 Å². The van der Waals surface area contributed by atoms with E-state index in [4.69, 9.17) is 4.52 Å². The van der Waals surface area contributed by atoms with Gasteiger partial charge in [-0.25, -0.2) is 9.78 Å². The minimum Gasteiger partial charge on any atom is -0.333 e. The molecule has 4 aromatic rings. The Balaban J connectivity index is 1.89. The van der Waals surface area contributed by atoms with Gasteiger partial charge in [0, 0.05) is 16.9 Å². The van der Waals surface area contributed by atoms with Gasteiger partial charge in [-0.15, -0.1) is 0 Å². The summed E-state index contributed by atoms with van der Waals surface area (Å²) < 4.78 is 6.07. The van der Waals surface area contributed by atoms with Crippen molar-refractivity contribution in [3.8, 4) is 23.0 Å². The molecule has 8 nitrogen and oxygen atoms in total. The van der Waals surface area contributed by atoms with Gasteiger partial charge in [0.1, 0.15) is 5.69 Å². The van der Waals surface area contributed by atoms with Crippen LogP contribution in [-0.4, -0.2) is 30.1 Å². The standard InChI is InChI=1S/C13H7BrN6O2/c14-6-3-7(10-8(4-6)17-13(21)18-10)12-19-11(20-22-12)9-5-15-1-2-16-9/h1-5H,(H2,17,18,21). The monoisotopic (exact) mass is 358 g/mol. The highest BCUT2D eigenvalue weighted by Gasteiger charge is 2.16. The maximum atomic E-state index is 11.5. The van der Waals surface area contributed by atoms with Gasteiger partial charge in [-0.3, -0.25) is 4.98 Å². The van der Waals surface area contributed by atoms with E-state index in [1.165, 1.54) is 0 Å². The van der Waals surface area contributed by atoms with Crippen LogP contribution < -0.4 is 5.69 Å². The normalized spacial score (nSPS) is 11.1. The SMILES string of the molecule is O=c1[nH]c2cc(Br)cc(-c3nc(-c4cnccn4)no3)c2[nH]1. The molecular weight excluding hydrogens is 352 g/mol. The lowest BCUT2D eigenvalue weighted by Crippen LogP contribution is -1.99. The Morgan fingerprint density at radius 3 is 2.91 bits per heavy atom. The van der Waals surface area contributed by atoms with Crippen molar-refractivity contribution < 1.29 is 4.52 Å². The quantitative estimate of drug-likeness (QED) is 0.567. The minimum atomic E-state index is -0.303. The average Bonchev–Trinajstić information content (AvgIpc) is 3.13. The molecule has 0 radical (unpaired) electrons. The summed E-state index contributed by atoms with van der Waals surface area (Å²) in [6.45, 7) is 0. The number of rotatable bonds is 2. The lowest BCUT2D eigenvalue weighted by Gasteiger charge is -1.98. The first-order valence-corrected chi connectivity index (χ1v) is 7.02. The van der Waals surface area contributed by atoms with Gasteiger partial charge in [0.2, 0.25) is 5.82 Å². The zero-order valence-corrected chi connectivity index (χ0v) is 12.5. The Kier molecular flexibility index (Phi) is 2.86. The van der Waals surface area contributed by atoms with Gasteiger partial charge in [0.05, 0.1) is 22.8 Å². The molecule has 22 heavy (non-hydrogen) atoms. The van der Waals surface area contributed by atoms with Crippen molar-refractivity contribution in [1.82, 2.24) is 30.1 Å². The Labute approximate surface area is 130 Å². The van der Waals surface area contributed by atoms with E-state index in [0.29, 0.717) is 28.1 Å². The Morgan fingerprint density at radius 2 is 2.09 bits per heavy atom. The summed E-state index contributed by atoms with van der Waals surface area (Å²) in [5.41, 5.74) is 2.07. The molecule has 0 unspecified atom stereocenters. The molecule has 0 aliphatic heterocycles. The molecule has 3 heterocycles. The molecule has 0 amide bonds. The fraction of sp³-hybridized carbons (Fsp3) is 0. The molecule has 4 rings (SSSR count). The van der Waals surface area contributed by atoms with E-state index in [0.717, 1.165) is 4.47 Å². The predicted octanol–water partition coefficient (Wildman–Crippen LogP) is 2.13. The molecule has 0 spiro atoms. The van der Waals surface area contributed by atoms with Crippen molar-refractivity contribution in [1.29, 1.82) is 0 Å². The number of imidazole rings is 1. The highest BCUT2D eigenvalue weighted by Crippen LogP contribution is 2.29. The second-order valence-electron chi connectivity index (χ2n) is 4.47. The van der Waals surface area contributed by atoms with Crippen LogP contribution in [0.2, 0.25) is 0 Å². The van der Waals surface area contributed by atoms with E-state index in [1.807, 2.05) is 0 Å². The largest absolute Gasteiger partial charge is 0.333 e. The van der Waals surface area contributed by atoms with Crippen LogP contribution >= 0.6 is 15.9 Å². The molecule has 0 aliphatic rings. The molecule has 0 fully saturated rings. The van der Waals surface area contributed by atoms with E-state index >= 15 is 0 Å². The molecule has 3 aromatic heterocycles. The smallest absolute Gasteiger partial charge is 0.323 e. The molecule has 0 saturated heterocycles. The van der Waals surface area contributed by atoms with E-state index in [1.54, 1.807) is 30.7 Å². The van der Waals surface area contributed by atoms with Gasteiger partial charge in [-0.2, -0.15) is 4.98 Å². The molecule has 0 atom stereocenters. The van der Waals surface area contributed by atoms with Crippen LogP contribution in [0.25, 0.3) is 34.0 Å². The van der Waals surface area contributed by atoms with Crippen LogP contribution in [0.1, 0.15) is 0 Å². The number of halogens is 1. The van der Waals surface area contributed by atoms with Crippen LogP contribution in [0.3, 0.4) is 0 Å². The Bertz CT molecular complexity index is 1020. The van der Waals surface area contributed by atoms with E-state index in [9.17, 15) is 4.79 Å². The summed E-state index contributed by atoms with van der Waals surface area (Å²) in [5.74, 6) is 0.608. The molecule has 2 N–H and O–H groups in total. The minimum absolute atomic E-state index is 0.280. The Morgan fingerprint density at radius 1 is 1.18 bits per heavy atom. The predicted molar refractivity (Wildman–Crippen MR) is 80.9 cm³/mol. The number of nitrogens with one attached hydrogen (secondary N) is 2. The summed E-state index contributed by atoms with van der Waals surface area (Å²) in [7, 11) is 0. The number of H-pyrrole nitrogens is 2. The van der Waals surface area contributed by atoms with Crippen molar-refractivity contribution in [3.05, 3.63) is 45.7 Å². The zero-order chi connectivity index (χ0) is 15.1. The van der Waals surface area contributed by atoms with E-state index in [-0.39, 0.29) is 11.6 Å². The lowest BCUT2D eigenvalue weighted by atomic mass is 10.2. The van der Waals surface area contributed by atoms with Crippen LogP contribution in [0.15, 0.2) is 44.5 Å². The zero-order valence-electron chi connectivity index (χ0n) is 10.9. The number of aromatic nitrogens is 6. The van der Waals surface area contributed by atoms with Gasteiger partial charge < -0.3 is 14.5 Å². The molecule has 9 heteroatoms. The van der Waals surface area contributed by atoms with Crippen LogP contribution in [0, 0.1) is 0 Å². The molecule has 0 aliphatic carbocycles. The number of hydrogen-bond donors (Lipinski definition) is 2. The molecule has 0 bridgehead atoms. The van der Waals surface area contributed by atoms with E-state index in [2.05, 4.69) is 46.0 Å². The lowest BCUT2D eigenvalue weighted by molar-refractivity contribution is 0.432. The first kappa shape index (κ1) is 12.9. The fourth-order valence-electron chi connectivity index (χ4n) is 2.13. The van der Waals surface area contributed by atoms with Gasteiger partial charge in [-0.1, -0.05) is 21.1 Å². The molecule has 0 saturated carbocycles. The number of aromatic amines is 2. The third-order valence-electron chi connectivity index (χ3n) is 3.04. The van der Waals surface area contributed by atoms with Gasteiger partial charge in [0.25, 0.3) is 5.89 Å². The highest BCUT2D eigenvalue weighted by molar-refractivity contribution is 9.10. The van der Waals surface area contributed by atoms with Crippen LogP contribution in [-0.2, 0) is 0 Å². The summed E-state index contributed by atoms with van der Waals surface area (Å²) in [4.78, 5) is 29.3.